The lowest BCUT2D eigenvalue weighted by atomic mass is 9.86. The number of hydrogen-bond donors (Lipinski definition) is 0. The third kappa shape index (κ3) is 2.79. The van der Waals surface area contributed by atoms with E-state index in [0.717, 1.165) is 5.39 Å². The second-order valence-electron chi connectivity index (χ2n) is 6.80. The topological polar surface area (TPSA) is 18.5 Å². The first-order chi connectivity index (χ1) is 10.7. The lowest BCUT2D eigenvalue weighted by Crippen LogP contribution is -2.41. The van der Waals surface area contributed by atoms with Crippen molar-refractivity contribution in [3.63, 3.8) is 0 Å². The van der Waals surface area contributed by atoms with Crippen LogP contribution in [0.3, 0.4) is 0 Å². The van der Waals surface area contributed by atoms with Gasteiger partial charge in [0.2, 0.25) is 0 Å². The van der Waals surface area contributed by atoms with Gasteiger partial charge in [-0.3, -0.25) is 0 Å². The zero-order chi connectivity index (χ0) is 16.8. The van der Waals surface area contributed by atoms with E-state index in [2.05, 4.69) is 0 Å². The molecular formula is C18H19BF2O2. The van der Waals surface area contributed by atoms with Crippen LogP contribution < -0.4 is 0 Å². The first-order valence-electron chi connectivity index (χ1n) is 7.61. The Kier molecular flexibility index (Phi) is 3.81. The molecule has 1 heterocycles. The minimum atomic E-state index is -1.13. The molecule has 0 amide bonds. The second-order valence-corrected chi connectivity index (χ2v) is 6.80. The first kappa shape index (κ1) is 16.2. The maximum Gasteiger partial charge on any atom is 0.525 e. The molecule has 2 nitrogen and oxygen atoms in total. The minimum absolute atomic E-state index is 0.204. The third-order valence-corrected chi connectivity index (χ3v) is 4.68. The van der Waals surface area contributed by atoms with Gasteiger partial charge in [0.1, 0.15) is 11.5 Å². The van der Waals surface area contributed by atoms with Crippen molar-refractivity contribution in [2.45, 2.75) is 38.9 Å². The van der Waals surface area contributed by atoms with Crippen molar-refractivity contribution < 1.29 is 18.1 Å². The van der Waals surface area contributed by atoms with Crippen molar-refractivity contribution in [3.8, 4) is 0 Å². The normalized spacial score (nSPS) is 20.3. The Hall–Kier alpha value is -1.72. The summed E-state index contributed by atoms with van der Waals surface area (Å²) in [7, 11) is -1.13. The zero-order valence-corrected chi connectivity index (χ0v) is 13.7. The second kappa shape index (κ2) is 5.43. The van der Waals surface area contributed by atoms with Gasteiger partial charge in [0.15, 0.2) is 0 Å². The Balaban J connectivity index is 2.01. The highest BCUT2D eigenvalue weighted by Gasteiger charge is 2.53. The SMILES string of the molecule is CC1(C)OB(C(F)=Cc2c(F)ccc3ccccc23)OC1(C)C. The van der Waals surface area contributed by atoms with E-state index < -0.39 is 29.9 Å². The molecule has 23 heavy (non-hydrogen) atoms. The first-order valence-corrected chi connectivity index (χ1v) is 7.61. The molecule has 1 saturated heterocycles. The number of benzene rings is 2. The summed E-state index contributed by atoms with van der Waals surface area (Å²) in [5.41, 5.74) is -1.71. The molecule has 0 spiro atoms. The average Bonchev–Trinajstić information content (AvgIpc) is 2.70. The van der Waals surface area contributed by atoms with Gasteiger partial charge < -0.3 is 9.31 Å². The van der Waals surface area contributed by atoms with E-state index in [9.17, 15) is 8.78 Å². The van der Waals surface area contributed by atoms with Crippen LogP contribution in [-0.2, 0) is 9.31 Å². The highest BCUT2D eigenvalue weighted by Crippen LogP contribution is 2.39. The van der Waals surface area contributed by atoms with Crippen molar-refractivity contribution in [3.05, 3.63) is 53.5 Å². The molecule has 5 heteroatoms. The molecular weight excluding hydrogens is 297 g/mol. The highest BCUT2D eigenvalue weighted by molar-refractivity contribution is 6.54. The van der Waals surface area contributed by atoms with Gasteiger partial charge >= 0.3 is 7.12 Å². The smallest absolute Gasteiger partial charge is 0.398 e. The van der Waals surface area contributed by atoms with Gasteiger partial charge in [0, 0.05) is 5.56 Å². The number of halogens is 2. The Morgan fingerprint density at radius 3 is 2.26 bits per heavy atom. The number of fused-ring (bicyclic) bond motifs is 1. The summed E-state index contributed by atoms with van der Waals surface area (Å²) in [6, 6.07) is 10.3. The molecule has 0 radical (unpaired) electrons. The van der Waals surface area contributed by atoms with Gasteiger partial charge in [-0.1, -0.05) is 30.3 Å². The lowest BCUT2D eigenvalue weighted by Gasteiger charge is -2.32. The Bertz CT molecular complexity index is 768. The lowest BCUT2D eigenvalue weighted by molar-refractivity contribution is 0.00578. The highest BCUT2D eigenvalue weighted by atomic mass is 19.1. The van der Waals surface area contributed by atoms with Crippen LogP contribution in [0.4, 0.5) is 8.78 Å². The van der Waals surface area contributed by atoms with E-state index in [-0.39, 0.29) is 5.56 Å². The van der Waals surface area contributed by atoms with E-state index in [1.54, 1.807) is 18.2 Å². The summed E-state index contributed by atoms with van der Waals surface area (Å²) in [5.74, 6) is -0.477. The summed E-state index contributed by atoms with van der Waals surface area (Å²) in [5, 5.41) is 1.50. The molecule has 1 aliphatic heterocycles. The molecule has 0 aromatic heterocycles. The molecule has 0 atom stereocenters. The van der Waals surface area contributed by atoms with Gasteiger partial charge in [0.05, 0.1) is 11.2 Å². The number of rotatable bonds is 2. The van der Waals surface area contributed by atoms with Crippen molar-refractivity contribution in [1.82, 2.24) is 0 Å². The van der Waals surface area contributed by atoms with E-state index >= 15 is 0 Å². The molecule has 0 saturated carbocycles. The average molecular weight is 316 g/mol. The molecule has 0 N–H and O–H groups in total. The van der Waals surface area contributed by atoms with Crippen LogP contribution in [0, 0.1) is 5.82 Å². The van der Waals surface area contributed by atoms with Crippen molar-refractivity contribution in [2.24, 2.45) is 0 Å². The van der Waals surface area contributed by atoms with Crippen LogP contribution in [0.5, 0.6) is 0 Å². The van der Waals surface area contributed by atoms with Crippen LogP contribution in [0.25, 0.3) is 16.8 Å². The molecule has 0 bridgehead atoms. The standard InChI is InChI=1S/C18H19BF2O2/c1-17(2)18(3,4)23-19(22-17)16(21)11-14-13-8-6-5-7-12(13)9-10-15(14)20/h5-11H,1-4H3. The molecule has 1 fully saturated rings. The summed E-state index contributed by atoms with van der Waals surface area (Å²) >= 11 is 0. The molecule has 2 aromatic carbocycles. The monoisotopic (exact) mass is 316 g/mol. The largest absolute Gasteiger partial charge is 0.525 e. The number of hydrogen-bond acceptors (Lipinski definition) is 2. The van der Waals surface area contributed by atoms with E-state index in [0.29, 0.717) is 5.39 Å². The zero-order valence-electron chi connectivity index (χ0n) is 13.7. The van der Waals surface area contributed by atoms with Crippen molar-refractivity contribution in [1.29, 1.82) is 0 Å². The van der Waals surface area contributed by atoms with Crippen molar-refractivity contribution in [2.75, 3.05) is 0 Å². The fourth-order valence-electron chi connectivity index (χ4n) is 2.58. The Morgan fingerprint density at radius 1 is 1.00 bits per heavy atom. The van der Waals surface area contributed by atoms with Crippen molar-refractivity contribution >= 4 is 24.0 Å². The molecule has 1 aliphatic rings. The quantitative estimate of drug-likeness (QED) is 0.732. The van der Waals surface area contributed by atoms with Crippen LogP contribution in [-0.4, -0.2) is 18.3 Å². The van der Waals surface area contributed by atoms with Crippen LogP contribution in [0.1, 0.15) is 33.3 Å². The summed E-state index contributed by atoms with van der Waals surface area (Å²) in [6.07, 6.45) is 1.17. The minimum Gasteiger partial charge on any atom is -0.398 e. The van der Waals surface area contributed by atoms with Gasteiger partial charge in [-0.2, -0.15) is 0 Å². The maximum atomic E-state index is 14.6. The Morgan fingerprint density at radius 2 is 1.61 bits per heavy atom. The predicted molar refractivity (Wildman–Crippen MR) is 89.1 cm³/mol. The van der Waals surface area contributed by atoms with Gasteiger partial charge in [0.25, 0.3) is 0 Å². The summed E-state index contributed by atoms with van der Waals surface area (Å²) < 4.78 is 40.1. The fraction of sp³-hybridized carbons (Fsp3) is 0.333. The summed E-state index contributed by atoms with van der Waals surface area (Å²) in [6.45, 7) is 7.38. The van der Waals surface area contributed by atoms with E-state index in [1.165, 1.54) is 12.1 Å². The van der Waals surface area contributed by atoms with Crippen LogP contribution >= 0.6 is 0 Å². The van der Waals surface area contributed by atoms with E-state index in [4.69, 9.17) is 9.31 Å². The maximum absolute atomic E-state index is 14.6. The van der Waals surface area contributed by atoms with E-state index in [1.807, 2.05) is 39.8 Å². The molecule has 0 unspecified atom stereocenters. The third-order valence-electron chi connectivity index (χ3n) is 4.68. The fourth-order valence-corrected chi connectivity index (χ4v) is 2.58. The predicted octanol–water partition coefficient (Wildman–Crippen LogP) is 4.92. The molecule has 3 rings (SSSR count). The summed E-state index contributed by atoms with van der Waals surface area (Å²) in [4.78, 5) is 0. The van der Waals surface area contributed by atoms with Crippen LogP contribution in [0.2, 0.25) is 0 Å². The van der Waals surface area contributed by atoms with Crippen LogP contribution in [0.15, 0.2) is 42.1 Å². The molecule has 120 valence electrons. The van der Waals surface area contributed by atoms with Gasteiger partial charge in [-0.25, -0.2) is 8.78 Å². The molecule has 2 aromatic rings. The van der Waals surface area contributed by atoms with Gasteiger partial charge in [-0.05, 0) is 50.6 Å². The molecule has 0 aliphatic carbocycles. The Labute approximate surface area is 135 Å². The van der Waals surface area contributed by atoms with Gasteiger partial charge in [-0.15, -0.1) is 0 Å².